The molecule has 0 bridgehead atoms. The molecule has 1 fully saturated rings. The molecule has 12 atom stereocenters. The third kappa shape index (κ3) is 20.5. The average molecular weight is 1190 g/mol. The first-order valence-corrected chi connectivity index (χ1v) is 30.1. The molecule has 0 aromatic heterocycles. The Balaban J connectivity index is 4.29. The minimum absolute atomic E-state index is 0.0222. The summed E-state index contributed by atoms with van der Waals surface area (Å²) in [5, 5.41) is 23.0. The summed E-state index contributed by atoms with van der Waals surface area (Å²) in [6.45, 7) is 29.0. The Labute approximate surface area is 502 Å². The zero-order valence-electron chi connectivity index (χ0n) is 55.4. The summed E-state index contributed by atoms with van der Waals surface area (Å²) in [6, 6.07) is -12.4. The van der Waals surface area contributed by atoms with Gasteiger partial charge in [-0.2, -0.15) is 0 Å². The topological polar surface area (TPSA) is 279 Å². The predicted molar refractivity (Wildman–Crippen MR) is 324 cm³/mol. The molecular weight excluding hydrogens is 1080 g/mol. The van der Waals surface area contributed by atoms with Gasteiger partial charge in [-0.25, -0.2) is 0 Å². The fourth-order valence-electron chi connectivity index (χ4n) is 10.7. The van der Waals surface area contributed by atoms with Crippen LogP contribution in [0.25, 0.3) is 0 Å². The van der Waals surface area contributed by atoms with Crippen LogP contribution in [0.1, 0.15) is 150 Å². The normalized spacial score (nSPS) is 27.1. The van der Waals surface area contributed by atoms with Crippen molar-refractivity contribution in [2.24, 2.45) is 41.4 Å². The zero-order valence-corrected chi connectivity index (χ0v) is 55.4. The second-order valence-electron chi connectivity index (χ2n) is 25.6. The summed E-state index contributed by atoms with van der Waals surface area (Å²) in [6.07, 6.45) is 2.89. The van der Waals surface area contributed by atoms with Crippen molar-refractivity contribution < 1.29 is 57.8 Å². The molecule has 0 spiro atoms. The Hall–Kier alpha value is -6.13. The number of aliphatic hydroxyl groups excluding tert-OH is 1. The van der Waals surface area contributed by atoms with E-state index in [1.165, 1.54) is 87.7 Å². The molecule has 5 N–H and O–H groups in total. The van der Waals surface area contributed by atoms with Crippen molar-refractivity contribution in [2.75, 3.05) is 55.9 Å². The Morgan fingerprint density at radius 3 is 1.32 bits per heavy atom. The van der Waals surface area contributed by atoms with Gasteiger partial charge in [0, 0.05) is 49.3 Å². The van der Waals surface area contributed by atoms with Crippen molar-refractivity contribution >= 4 is 65.0 Å². The number of aliphatic hydroxyl groups is 1. The van der Waals surface area contributed by atoms with Crippen LogP contribution in [0.2, 0.25) is 0 Å². The maximum Gasteiger partial charge on any atom is 0.246 e. The summed E-state index contributed by atoms with van der Waals surface area (Å²) in [5.74, 6) is -10.1. The number of amides is 11. The van der Waals surface area contributed by atoms with Crippen LogP contribution in [0.4, 0.5) is 0 Å². The van der Waals surface area contributed by atoms with Crippen molar-refractivity contribution in [3.63, 3.8) is 0 Å². The molecule has 1 aliphatic heterocycles. The molecule has 1 rings (SSSR count). The Bertz CT molecular complexity index is 2310. The lowest BCUT2D eigenvalue weighted by atomic mass is 9.91. The van der Waals surface area contributed by atoms with E-state index in [4.69, 9.17) is 0 Å². The zero-order chi connectivity index (χ0) is 65.3. The minimum atomic E-state index is -1.61. The van der Waals surface area contributed by atoms with Crippen LogP contribution in [-0.4, -0.2) is 227 Å². The van der Waals surface area contributed by atoms with Gasteiger partial charge in [0.2, 0.25) is 65.0 Å². The highest BCUT2D eigenvalue weighted by atomic mass is 16.3. The van der Waals surface area contributed by atoms with Gasteiger partial charge in [-0.1, -0.05) is 109 Å². The lowest BCUT2D eigenvalue weighted by Crippen LogP contribution is -2.64. The van der Waals surface area contributed by atoms with E-state index >= 15 is 9.59 Å². The number of nitrogens with zero attached hydrogens (tertiary/aromatic N) is 7. The Morgan fingerprint density at radius 1 is 0.464 bits per heavy atom. The number of rotatable bonds is 14. The first-order valence-electron chi connectivity index (χ1n) is 30.1. The molecule has 1 aliphatic rings. The molecule has 23 nitrogen and oxygen atoms in total. The van der Waals surface area contributed by atoms with E-state index in [2.05, 4.69) is 21.3 Å². The molecule has 0 aromatic carbocycles. The average Bonchev–Trinajstić information content (AvgIpc) is 2.88. The molecule has 0 saturated carbocycles. The van der Waals surface area contributed by atoms with E-state index in [1.807, 2.05) is 41.5 Å². The van der Waals surface area contributed by atoms with Crippen LogP contribution < -0.4 is 21.3 Å². The number of carbonyl (C=O) groups is 11. The first kappa shape index (κ1) is 75.9. The lowest BCUT2D eigenvalue weighted by molar-refractivity contribution is -0.158. The molecule has 11 amide bonds. The van der Waals surface area contributed by atoms with E-state index in [-0.39, 0.29) is 43.4 Å². The highest BCUT2D eigenvalue weighted by molar-refractivity contribution is 5.99. The fraction of sp³-hybridized carbons (Fsp3) is 0.787. The van der Waals surface area contributed by atoms with Crippen molar-refractivity contribution in [3.8, 4) is 0 Å². The fourth-order valence-corrected chi connectivity index (χ4v) is 10.7. The summed E-state index contributed by atoms with van der Waals surface area (Å²) in [7, 11) is 9.87. The van der Waals surface area contributed by atoms with Gasteiger partial charge >= 0.3 is 0 Å². The second kappa shape index (κ2) is 34.1. The van der Waals surface area contributed by atoms with E-state index in [9.17, 15) is 48.3 Å². The van der Waals surface area contributed by atoms with E-state index in [0.717, 1.165) is 9.80 Å². The van der Waals surface area contributed by atoms with E-state index in [1.54, 1.807) is 74.5 Å². The first-order chi connectivity index (χ1) is 38.7. The van der Waals surface area contributed by atoms with E-state index < -0.39 is 162 Å². The predicted octanol–water partition coefficient (Wildman–Crippen LogP) is 2.88. The summed E-state index contributed by atoms with van der Waals surface area (Å²) in [5.41, 5.74) is 0. The molecular formula is C61H109N11O12. The maximum atomic E-state index is 15.1. The molecule has 0 aliphatic carbocycles. The number of hydrogen-bond acceptors (Lipinski definition) is 12. The summed E-state index contributed by atoms with van der Waals surface area (Å²) in [4.78, 5) is 168. The van der Waals surface area contributed by atoms with Crippen LogP contribution in [-0.2, 0) is 52.7 Å². The van der Waals surface area contributed by atoms with Gasteiger partial charge in [0.25, 0.3) is 0 Å². The number of allylic oxidation sites excluding steroid dienone is 2. The Kier molecular flexibility index (Phi) is 30.8. The summed E-state index contributed by atoms with van der Waals surface area (Å²) < 4.78 is 0. The van der Waals surface area contributed by atoms with Gasteiger partial charge < -0.3 is 60.7 Å². The molecule has 0 unspecified atom stereocenters. The van der Waals surface area contributed by atoms with Gasteiger partial charge in [0.1, 0.15) is 60.4 Å². The third-order valence-corrected chi connectivity index (χ3v) is 15.9. The molecule has 1 saturated heterocycles. The second-order valence-corrected chi connectivity index (χ2v) is 25.6. The summed E-state index contributed by atoms with van der Waals surface area (Å²) >= 11 is 0. The highest BCUT2D eigenvalue weighted by Gasteiger charge is 2.46. The number of likely N-dealkylation sites (N-methyl/N-ethyl adjacent to an activating group) is 7. The third-order valence-electron chi connectivity index (χ3n) is 15.9. The monoisotopic (exact) mass is 1190 g/mol. The van der Waals surface area contributed by atoms with Crippen LogP contribution in [0.5, 0.6) is 0 Å². The van der Waals surface area contributed by atoms with Gasteiger partial charge in [-0.05, 0) is 94.3 Å². The van der Waals surface area contributed by atoms with Gasteiger partial charge in [-0.15, -0.1) is 0 Å². The van der Waals surface area contributed by atoms with Crippen LogP contribution in [0.3, 0.4) is 0 Å². The van der Waals surface area contributed by atoms with Gasteiger partial charge in [-0.3, -0.25) is 52.7 Å². The molecule has 84 heavy (non-hydrogen) atoms. The number of carbonyl (C=O) groups excluding carboxylic acids is 11. The lowest BCUT2D eigenvalue weighted by Gasteiger charge is -2.42. The molecule has 0 aromatic rings. The molecule has 23 heteroatoms. The number of hydrogen-bond donors (Lipinski definition) is 5. The van der Waals surface area contributed by atoms with Crippen LogP contribution in [0, 0.1) is 41.4 Å². The largest absolute Gasteiger partial charge is 0.390 e. The van der Waals surface area contributed by atoms with Crippen LogP contribution in [0.15, 0.2) is 12.2 Å². The van der Waals surface area contributed by atoms with Gasteiger partial charge in [0.15, 0.2) is 0 Å². The van der Waals surface area contributed by atoms with Crippen molar-refractivity contribution in [1.29, 1.82) is 0 Å². The highest BCUT2D eigenvalue weighted by Crippen LogP contribution is 2.25. The van der Waals surface area contributed by atoms with Crippen molar-refractivity contribution in [3.05, 3.63) is 12.2 Å². The molecule has 0 radical (unpaired) electrons. The van der Waals surface area contributed by atoms with Crippen molar-refractivity contribution in [2.45, 2.75) is 216 Å². The maximum absolute atomic E-state index is 15.1. The SMILES string of the molecule is C/C=C/C[C@@H](C)[C@@H](O)[C@H]1C(=O)N[C@@H](CC)C(=O)N(C)CC(=O)N(C)[C@@H](CC(C)C)C(=O)N[C@@H](C(C)C)C(=O)N(C)[C@@H](CC(C)C)C(=O)N[C@@H](C)C(=O)N[C@H](C)C(=O)N(C)[C@@H](CC(C)C)C(=O)N(C)[C@@H](C(C)C)C(=O)N(C)[C@@H](C(C)C)C(=O)N1C. The number of nitrogens with one attached hydrogen (secondary N) is 4. The smallest absolute Gasteiger partial charge is 0.246 e. The van der Waals surface area contributed by atoms with Crippen LogP contribution >= 0.6 is 0 Å². The van der Waals surface area contributed by atoms with E-state index in [0.29, 0.717) is 6.42 Å². The van der Waals surface area contributed by atoms with Crippen molar-refractivity contribution in [1.82, 2.24) is 55.6 Å². The molecule has 1 heterocycles. The minimum Gasteiger partial charge on any atom is -0.390 e. The Morgan fingerprint density at radius 2 is 0.881 bits per heavy atom. The van der Waals surface area contributed by atoms with Gasteiger partial charge in [0.05, 0.1) is 12.6 Å². The molecule has 480 valence electrons. The quantitative estimate of drug-likeness (QED) is 0.157. The standard InChI is InChI=1S/C61H109N11O12/c1-25-27-28-39(15)51(74)50-55(78)64-42(26-2)57(80)66(18)32-46(73)67(19)43(29-33(3)4)54(77)65-47(36(9)10)59(82)68(20)44(30-34(5)6)53(76)62-40(16)52(75)63-41(17)56(79)69(21)45(31-35(7)8)58(81)70(22)48(37(11)12)60(83)71(23)49(38(13)14)61(84)72(50)24/h25,27,33-45,47-51,74H,26,28-32H2,1-24H3,(H,62,76)(H,63,75)(H,64,78)(H,65,77)/b27-25+/t39-,40+,41-,42+,43+,44+,45+,47+,48+,49+,50+,51-/m1/s1.